The van der Waals surface area contributed by atoms with Crippen LogP contribution >= 0.6 is 12.6 Å². The van der Waals surface area contributed by atoms with Gasteiger partial charge in [0.25, 0.3) is 0 Å². The van der Waals surface area contributed by atoms with Gasteiger partial charge in [-0.2, -0.15) is 12.6 Å². The van der Waals surface area contributed by atoms with Crippen LogP contribution in [0.3, 0.4) is 0 Å². The zero-order chi connectivity index (χ0) is 14.4. The fourth-order valence-corrected chi connectivity index (χ4v) is 2.55. The number of carboxylic acid groups (broad SMARTS) is 1. The number of hydrogen-bond acceptors (Lipinski definition) is 3. The molecular weight excluding hydrogens is 351 g/mol. The number of rotatable bonds is 9. The molecule has 0 aliphatic heterocycles. The van der Waals surface area contributed by atoms with Gasteiger partial charge in [0.05, 0.1) is 5.97 Å². The predicted molar refractivity (Wildman–Crippen MR) is 81.2 cm³/mol. The monoisotopic (exact) mass is 380 g/mol. The Morgan fingerprint density at radius 2 is 1.72 bits per heavy atom. The summed E-state index contributed by atoms with van der Waals surface area (Å²) in [5, 5.41) is 9.70. The van der Waals surface area contributed by atoms with Crippen LogP contribution in [0, 0.1) is 5.92 Å². The van der Waals surface area contributed by atoms with Gasteiger partial charge in [0.15, 0.2) is 0 Å². The van der Waals surface area contributed by atoms with Gasteiger partial charge in [-0.25, -0.2) is 0 Å². The van der Waals surface area contributed by atoms with E-state index in [-0.39, 0.29) is 0 Å². The first-order valence-corrected chi connectivity index (χ1v) is 9.52. The second kappa shape index (κ2) is 15.7. The summed E-state index contributed by atoms with van der Waals surface area (Å²) in [7, 11) is 0. The zero-order valence-electron chi connectivity index (χ0n) is 12.1. The van der Waals surface area contributed by atoms with E-state index in [2.05, 4.69) is 33.4 Å². The molecule has 0 aliphatic carbocycles. The van der Waals surface area contributed by atoms with Crippen molar-refractivity contribution in [1.29, 1.82) is 0 Å². The third kappa shape index (κ3) is 19.0. The molecule has 0 spiro atoms. The summed E-state index contributed by atoms with van der Waals surface area (Å²) in [4.78, 5) is 10.3. The first kappa shape index (κ1) is 20.9. The van der Waals surface area contributed by atoms with Crippen LogP contribution in [0.25, 0.3) is 0 Å². The summed E-state index contributed by atoms with van der Waals surface area (Å²) < 4.78 is 1.43. The standard InChI is InChI=1S/C10H20O2S.C4H9.Sn/c1-8(2)6-4-3-5-7-9(13)10(11)12;1-3-4-2;/h8-9,13H,3-7H2,1-2H3,(H,11,12);1,3-4H2,2H3;/q;;+1/p-1. The molecule has 0 saturated carbocycles. The van der Waals surface area contributed by atoms with Gasteiger partial charge in [0.2, 0.25) is 0 Å². The first-order chi connectivity index (χ1) is 8.45. The van der Waals surface area contributed by atoms with Crippen molar-refractivity contribution in [3.05, 3.63) is 0 Å². The Morgan fingerprint density at radius 3 is 2.06 bits per heavy atom. The van der Waals surface area contributed by atoms with Gasteiger partial charge in [-0.1, -0.05) is 39.5 Å². The number of thiol groups is 1. The van der Waals surface area contributed by atoms with E-state index in [0.717, 1.165) is 18.8 Å². The number of hydrogen-bond donors (Lipinski definition) is 1. The molecule has 0 aromatic carbocycles. The minimum absolute atomic E-state index is 0.584. The van der Waals surface area contributed by atoms with E-state index < -0.39 is 11.2 Å². The predicted octanol–water partition coefficient (Wildman–Crippen LogP) is 3.01. The second-order valence-corrected chi connectivity index (χ2v) is 7.02. The first-order valence-electron chi connectivity index (χ1n) is 6.99. The molecule has 18 heavy (non-hydrogen) atoms. The van der Waals surface area contributed by atoms with Crippen molar-refractivity contribution in [2.75, 3.05) is 0 Å². The van der Waals surface area contributed by atoms with Crippen molar-refractivity contribution in [3.63, 3.8) is 0 Å². The molecule has 106 valence electrons. The van der Waals surface area contributed by atoms with Gasteiger partial charge in [0.1, 0.15) is 0 Å². The third-order valence-electron chi connectivity index (χ3n) is 2.56. The topological polar surface area (TPSA) is 40.1 Å². The summed E-state index contributed by atoms with van der Waals surface area (Å²) in [6, 6.07) is 0. The number of carboxylic acids is 1. The molecule has 0 N–H and O–H groups in total. The molecule has 0 rings (SSSR count). The second-order valence-electron chi connectivity index (χ2n) is 4.97. The van der Waals surface area contributed by atoms with E-state index in [9.17, 15) is 9.90 Å². The van der Waals surface area contributed by atoms with Gasteiger partial charge < -0.3 is 9.90 Å². The number of unbranched alkanes of at least 4 members (excludes halogenated alkanes) is 3. The Hall–Kier alpha value is 0.619. The van der Waals surface area contributed by atoms with Crippen LogP contribution in [-0.2, 0) is 4.79 Å². The van der Waals surface area contributed by atoms with Crippen molar-refractivity contribution in [2.24, 2.45) is 5.92 Å². The molecule has 2 radical (unpaired) electrons. The summed E-state index contributed by atoms with van der Waals surface area (Å²) in [5.41, 5.74) is 0. The average molecular weight is 379 g/mol. The third-order valence-corrected chi connectivity index (χ3v) is 4.04. The van der Waals surface area contributed by atoms with Crippen LogP contribution in [-0.4, -0.2) is 33.7 Å². The fraction of sp³-hybridized carbons (Fsp3) is 0.929. The average Bonchev–Trinajstić information content (AvgIpc) is 2.29. The van der Waals surface area contributed by atoms with Gasteiger partial charge in [-0.3, -0.25) is 0 Å². The summed E-state index contributed by atoms with van der Waals surface area (Å²) in [5.74, 6) is -0.305. The van der Waals surface area contributed by atoms with E-state index in [1.807, 2.05) is 0 Å². The van der Waals surface area contributed by atoms with Crippen LogP contribution in [0.1, 0.15) is 65.7 Å². The number of carbonyl (C=O) groups is 1. The fourth-order valence-electron chi connectivity index (χ4n) is 1.36. The van der Waals surface area contributed by atoms with Crippen molar-refractivity contribution in [2.45, 2.75) is 75.4 Å². The molecule has 0 aromatic heterocycles. The molecule has 0 aromatic rings. The van der Waals surface area contributed by atoms with Gasteiger partial charge in [0, 0.05) is 5.25 Å². The van der Waals surface area contributed by atoms with Crippen LogP contribution in [0.4, 0.5) is 0 Å². The molecule has 1 atom stereocenters. The van der Waals surface area contributed by atoms with Crippen molar-refractivity contribution in [3.8, 4) is 0 Å². The quantitative estimate of drug-likeness (QED) is 0.380. The maximum atomic E-state index is 10.3. The Morgan fingerprint density at radius 1 is 1.17 bits per heavy atom. The van der Waals surface area contributed by atoms with Crippen LogP contribution in [0.5, 0.6) is 0 Å². The molecule has 4 heteroatoms. The number of carbonyl (C=O) groups excluding carboxylic acids is 1. The van der Waals surface area contributed by atoms with E-state index in [1.165, 1.54) is 30.1 Å². The zero-order valence-corrected chi connectivity index (χ0v) is 15.8. The van der Waals surface area contributed by atoms with Crippen molar-refractivity contribution in [1.82, 2.24) is 0 Å². The van der Waals surface area contributed by atoms with Crippen LogP contribution in [0.2, 0.25) is 4.44 Å². The summed E-state index contributed by atoms with van der Waals surface area (Å²) in [6.45, 7) is 6.62. The Labute approximate surface area is 132 Å². The maximum absolute atomic E-state index is 10.3. The van der Waals surface area contributed by atoms with E-state index in [1.54, 1.807) is 22.5 Å². The Kier molecular flexibility index (Phi) is 18.2. The molecule has 1 unspecified atom stereocenters. The summed E-state index contributed by atoms with van der Waals surface area (Å²) >= 11 is 5.59. The van der Waals surface area contributed by atoms with E-state index in [0.29, 0.717) is 6.42 Å². The van der Waals surface area contributed by atoms with E-state index >= 15 is 0 Å². The molecule has 0 saturated heterocycles. The molecule has 0 bridgehead atoms. The number of aliphatic carboxylic acids is 1. The van der Waals surface area contributed by atoms with Gasteiger partial charge in [-0.15, -0.1) is 0 Å². The molecule has 0 heterocycles. The van der Waals surface area contributed by atoms with Crippen LogP contribution in [0.15, 0.2) is 0 Å². The SMILES string of the molecule is CC(C)CCCCCC(S)C(=O)[O-].CCC[CH2][Sn+]. The Bertz CT molecular complexity index is 185. The minimum atomic E-state index is -1.05. The van der Waals surface area contributed by atoms with Gasteiger partial charge >= 0.3 is 46.7 Å². The normalized spacial score (nSPS) is 11.8. The van der Waals surface area contributed by atoms with Gasteiger partial charge in [-0.05, 0) is 12.3 Å². The molecule has 0 fully saturated rings. The Balaban J connectivity index is 0. The van der Waals surface area contributed by atoms with Crippen LogP contribution < -0.4 is 5.11 Å². The molecular formula is C14H28O2SSn. The van der Waals surface area contributed by atoms with Crippen molar-refractivity contribution < 1.29 is 9.90 Å². The summed E-state index contributed by atoms with van der Waals surface area (Å²) in [6.07, 6.45) is 7.87. The molecule has 2 nitrogen and oxygen atoms in total. The van der Waals surface area contributed by atoms with E-state index in [4.69, 9.17) is 0 Å². The molecule has 0 amide bonds. The van der Waals surface area contributed by atoms with Crippen molar-refractivity contribution >= 4 is 41.1 Å². The molecule has 0 aliphatic rings.